The molecular formula is C25H22FN7O3. The summed E-state index contributed by atoms with van der Waals surface area (Å²) in [4.78, 5) is 36.9. The standard InChI is InChI=1S/C25H22FN7O3/c26-19-11-17(8-9-20(19)33-15-27-14-28-33)22-29-23-21(31(22)13-18-7-4-10-36-18)24(34)30-25(35)32(23)12-16-5-2-1-3-6-16/h1-3,5-6,8-9,11,14-15,18H,4,7,10,12-13H2,(H,30,34,35)/t18-/m1/s1. The predicted octanol–water partition coefficient (Wildman–Crippen LogP) is 2.50. The molecule has 4 heterocycles. The summed E-state index contributed by atoms with van der Waals surface area (Å²) in [7, 11) is 0. The molecule has 0 unspecified atom stereocenters. The van der Waals surface area contributed by atoms with Crippen LogP contribution in [0.3, 0.4) is 0 Å². The monoisotopic (exact) mass is 487 g/mol. The molecule has 11 heteroatoms. The Bertz CT molecular complexity index is 1650. The van der Waals surface area contributed by atoms with Gasteiger partial charge in [0.15, 0.2) is 11.2 Å². The number of aromatic amines is 1. The lowest BCUT2D eigenvalue weighted by atomic mass is 10.1. The van der Waals surface area contributed by atoms with Crippen LogP contribution in [0.15, 0.2) is 70.8 Å². The largest absolute Gasteiger partial charge is 0.376 e. The molecule has 2 aromatic carbocycles. The van der Waals surface area contributed by atoms with Gasteiger partial charge in [0, 0.05) is 12.2 Å². The normalized spacial score (nSPS) is 15.6. The van der Waals surface area contributed by atoms with Gasteiger partial charge in [-0.3, -0.25) is 14.3 Å². The van der Waals surface area contributed by atoms with Crippen LogP contribution in [0.5, 0.6) is 0 Å². The number of hydrogen-bond donors (Lipinski definition) is 1. The molecule has 1 atom stereocenters. The van der Waals surface area contributed by atoms with Gasteiger partial charge in [0.2, 0.25) is 0 Å². The maximum absolute atomic E-state index is 15.1. The van der Waals surface area contributed by atoms with E-state index in [-0.39, 0.29) is 29.5 Å². The first-order chi connectivity index (χ1) is 17.6. The number of rotatable bonds is 6. The lowest BCUT2D eigenvalue weighted by molar-refractivity contribution is 0.0982. The minimum Gasteiger partial charge on any atom is -0.376 e. The van der Waals surface area contributed by atoms with Crippen LogP contribution in [0.25, 0.3) is 28.2 Å². The van der Waals surface area contributed by atoms with Crippen molar-refractivity contribution in [2.75, 3.05) is 6.61 Å². The van der Waals surface area contributed by atoms with Crippen molar-refractivity contribution >= 4 is 11.2 Å². The molecule has 0 aliphatic carbocycles. The van der Waals surface area contributed by atoms with E-state index < -0.39 is 17.1 Å². The lowest BCUT2D eigenvalue weighted by Gasteiger charge is -2.14. The third-order valence-electron chi connectivity index (χ3n) is 6.35. The smallest absolute Gasteiger partial charge is 0.330 e. The Balaban J connectivity index is 1.54. The average Bonchev–Trinajstić information content (AvgIpc) is 3.65. The third kappa shape index (κ3) is 3.93. The van der Waals surface area contributed by atoms with Crippen LogP contribution in [-0.4, -0.2) is 46.6 Å². The topological polar surface area (TPSA) is 113 Å². The Kier molecular flexibility index (Phi) is 5.53. The summed E-state index contributed by atoms with van der Waals surface area (Å²) in [6.45, 7) is 1.22. The van der Waals surface area contributed by atoms with E-state index in [0.29, 0.717) is 24.5 Å². The molecule has 1 fully saturated rings. The highest BCUT2D eigenvalue weighted by Crippen LogP contribution is 2.27. The zero-order valence-corrected chi connectivity index (χ0v) is 19.2. The van der Waals surface area contributed by atoms with Crippen LogP contribution in [0.2, 0.25) is 0 Å². The number of nitrogens with one attached hydrogen (secondary N) is 1. The summed E-state index contributed by atoms with van der Waals surface area (Å²) in [6, 6.07) is 14.1. The summed E-state index contributed by atoms with van der Waals surface area (Å²) < 4.78 is 25.4. The van der Waals surface area contributed by atoms with Crippen molar-refractivity contribution in [1.29, 1.82) is 0 Å². The molecule has 1 aliphatic rings. The fourth-order valence-electron chi connectivity index (χ4n) is 4.64. The molecule has 1 N–H and O–H groups in total. The summed E-state index contributed by atoms with van der Waals surface area (Å²) in [5.74, 6) is -0.147. The summed E-state index contributed by atoms with van der Waals surface area (Å²) in [5, 5.41) is 3.99. The number of fused-ring (bicyclic) bond motifs is 1. The van der Waals surface area contributed by atoms with Gasteiger partial charge in [-0.1, -0.05) is 30.3 Å². The van der Waals surface area contributed by atoms with Crippen molar-refractivity contribution in [1.82, 2.24) is 33.9 Å². The first kappa shape index (κ1) is 22.1. The van der Waals surface area contributed by atoms with Crippen molar-refractivity contribution in [3.05, 3.63) is 93.4 Å². The van der Waals surface area contributed by atoms with Gasteiger partial charge in [0.1, 0.15) is 30.0 Å². The second-order valence-corrected chi connectivity index (χ2v) is 8.69. The number of nitrogens with zero attached hydrogens (tertiary/aromatic N) is 6. The molecule has 1 saturated heterocycles. The molecule has 0 bridgehead atoms. The van der Waals surface area contributed by atoms with Gasteiger partial charge in [0.05, 0.1) is 19.2 Å². The number of halogens is 1. The van der Waals surface area contributed by atoms with Crippen molar-refractivity contribution in [2.45, 2.75) is 32.0 Å². The zero-order valence-electron chi connectivity index (χ0n) is 19.2. The number of aromatic nitrogens is 7. The SMILES string of the molecule is O=c1[nH]c(=O)n(Cc2ccccc2)c2nc(-c3ccc(-n4cncn4)c(F)c3)n(C[C@H]3CCCO3)c12. The highest BCUT2D eigenvalue weighted by atomic mass is 19.1. The van der Waals surface area contributed by atoms with Crippen LogP contribution in [0.4, 0.5) is 4.39 Å². The Morgan fingerprint density at radius 2 is 1.97 bits per heavy atom. The van der Waals surface area contributed by atoms with E-state index in [1.54, 1.807) is 16.7 Å². The highest BCUT2D eigenvalue weighted by molar-refractivity contribution is 5.77. The van der Waals surface area contributed by atoms with Crippen LogP contribution in [-0.2, 0) is 17.8 Å². The average molecular weight is 487 g/mol. The highest BCUT2D eigenvalue weighted by Gasteiger charge is 2.25. The molecular weight excluding hydrogens is 465 g/mol. The fourth-order valence-corrected chi connectivity index (χ4v) is 4.64. The van der Waals surface area contributed by atoms with Crippen LogP contribution in [0, 0.1) is 5.82 Å². The first-order valence-corrected chi connectivity index (χ1v) is 11.6. The maximum Gasteiger partial charge on any atom is 0.330 e. The maximum atomic E-state index is 15.1. The molecule has 182 valence electrons. The fraction of sp³-hybridized carbons (Fsp3) is 0.240. The number of ether oxygens (including phenoxy) is 1. The van der Waals surface area contributed by atoms with Crippen molar-refractivity contribution in [3.63, 3.8) is 0 Å². The van der Waals surface area contributed by atoms with Crippen LogP contribution < -0.4 is 11.2 Å². The number of H-pyrrole nitrogens is 1. The Hall–Kier alpha value is -4.38. The molecule has 5 aromatic rings. The van der Waals surface area contributed by atoms with Crippen LogP contribution >= 0.6 is 0 Å². The van der Waals surface area contributed by atoms with Crippen LogP contribution in [0.1, 0.15) is 18.4 Å². The minimum atomic E-state index is -0.558. The molecule has 0 spiro atoms. The molecule has 10 nitrogen and oxygen atoms in total. The van der Waals surface area contributed by atoms with Crippen molar-refractivity contribution in [3.8, 4) is 17.1 Å². The number of imidazole rings is 1. The van der Waals surface area contributed by atoms with Crippen molar-refractivity contribution in [2.24, 2.45) is 0 Å². The van der Waals surface area contributed by atoms with E-state index in [4.69, 9.17) is 9.72 Å². The van der Waals surface area contributed by atoms with E-state index in [2.05, 4.69) is 15.1 Å². The quantitative estimate of drug-likeness (QED) is 0.394. The van der Waals surface area contributed by atoms with Gasteiger partial charge in [0.25, 0.3) is 5.56 Å². The van der Waals surface area contributed by atoms with E-state index in [1.807, 2.05) is 30.3 Å². The lowest BCUT2D eigenvalue weighted by Crippen LogP contribution is -2.32. The van der Waals surface area contributed by atoms with Crippen molar-refractivity contribution < 1.29 is 9.13 Å². The minimum absolute atomic E-state index is 0.116. The van der Waals surface area contributed by atoms with Gasteiger partial charge in [-0.15, -0.1) is 0 Å². The van der Waals surface area contributed by atoms with E-state index in [9.17, 15) is 9.59 Å². The zero-order chi connectivity index (χ0) is 24.6. The number of benzene rings is 2. The Morgan fingerprint density at radius 3 is 2.69 bits per heavy atom. The Morgan fingerprint density at radius 1 is 1.11 bits per heavy atom. The molecule has 36 heavy (non-hydrogen) atoms. The second-order valence-electron chi connectivity index (χ2n) is 8.69. The van der Waals surface area contributed by atoms with Gasteiger partial charge in [-0.2, -0.15) is 5.10 Å². The van der Waals surface area contributed by atoms with E-state index >= 15 is 4.39 Å². The molecule has 0 radical (unpaired) electrons. The molecule has 3 aromatic heterocycles. The van der Waals surface area contributed by atoms with Gasteiger partial charge in [-0.25, -0.2) is 23.8 Å². The molecule has 1 aliphatic heterocycles. The van der Waals surface area contributed by atoms with Gasteiger partial charge < -0.3 is 9.30 Å². The van der Waals surface area contributed by atoms with E-state index in [0.717, 1.165) is 18.4 Å². The predicted molar refractivity (Wildman–Crippen MR) is 129 cm³/mol. The van der Waals surface area contributed by atoms with Gasteiger partial charge in [-0.05, 0) is 36.6 Å². The Labute approximate surface area is 203 Å². The molecule has 6 rings (SSSR count). The van der Waals surface area contributed by atoms with E-state index in [1.165, 1.54) is 28.0 Å². The summed E-state index contributed by atoms with van der Waals surface area (Å²) in [6.07, 6.45) is 4.37. The third-order valence-corrected chi connectivity index (χ3v) is 6.35. The molecule has 0 saturated carbocycles. The second kappa shape index (κ2) is 9.00. The first-order valence-electron chi connectivity index (χ1n) is 11.6. The summed E-state index contributed by atoms with van der Waals surface area (Å²) >= 11 is 0. The summed E-state index contributed by atoms with van der Waals surface area (Å²) in [5.41, 5.74) is 0.957. The van der Waals surface area contributed by atoms with Gasteiger partial charge >= 0.3 is 5.69 Å². The molecule has 0 amide bonds. The number of hydrogen-bond acceptors (Lipinski definition) is 6.